The molecule has 234 valence electrons. The average molecular weight is 792 g/mol. The number of carbonyl (C=O) groups is 3. The van der Waals surface area contributed by atoms with Crippen molar-refractivity contribution in [3.63, 3.8) is 0 Å². The van der Waals surface area contributed by atoms with Crippen LogP contribution in [0, 0.1) is 0 Å². The number of aliphatic hydroxyl groups is 1. The number of carbonyl (C=O) groups excluding carboxylic acids is 3. The summed E-state index contributed by atoms with van der Waals surface area (Å²) in [6.07, 6.45) is 0.674. The number of aromatic nitrogens is 1. The van der Waals surface area contributed by atoms with Crippen molar-refractivity contribution in [2.75, 3.05) is 11.2 Å². The molecule has 1 aliphatic heterocycles. The van der Waals surface area contributed by atoms with Crippen LogP contribution in [-0.4, -0.2) is 46.9 Å². The number of hydrogen-bond acceptors (Lipinski definition) is 7. The number of pyridine rings is 1. The van der Waals surface area contributed by atoms with Gasteiger partial charge in [-0.25, -0.2) is 4.90 Å². The lowest BCUT2D eigenvalue weighted by atomic mass is 9.93. The van der Waals surface area contributed by atoms with Gasteiger partial charge in [0.15, 0.2) is 5.78 Å². The van der Waals surface area contributed by atoms with Crippen molar-refractivity contribution < 1.29 is 32.5 Å². The topological polar surface area (TPSA) is 142 Å². The van der Waals surface area contributed by atoms with Crippen molar-refractivity contribution in [2.24, 2.45) is 0 Å². The smallest absolute Gasteiger partial charge is 0.267 e. The van der Waals surface area contributed by atoms with Crippen LogP contribution < -0.4 is 4.90 Å². The van der Waals surface area contributed by atoms with E-state index in [2.05, 4.69) is 4.98 Å². The number of amides is 2. The Morgan fingerprint density at radius 1 is 0.756 bits per heavy atom. The van der Waals surface area contributed by atoms with Gasteiger partial charge in [-0.05, 0) is 17.7 Å². The minimum atomic E-state index is -3.67. The van der Waals surface area contributed by atoms with Gasteiger partial charge in [-0.1, -0.05) is 105 Å². The summed E-state index contributed by atoms with van der Waals surface area (Å²) in [5, 5.41) is 10.5. The lowest BCUT2D eigenvalue weighted by Crippen LogP contribution is -2.29. The van der Waals surface area contributed by atoms with Gasteiger partial charge in [0.1, 0.15) is 0 Å². The minimum absolute atomic E-state index is 0.0236. The first-order valence-corrected chi connectivity index (χ1v) is 16.9. The predicted octanol–water partition coefficient (Wildman–Crippen LogP) is 8.78. The lowest BCUT2D eigenvalue weighted by Gasteiger charge is -2.18. The number of Topliss-reactive ketones (excluding diaryl/α,β-unsaturated/α-hetero) is 1. The molecule has 0 radical (unpaired) electrons. The summed E-state index contributed by atoms with van der Waals surface area (Å²) in [6.45, 7) is 0. The van der Waals surface area contributed by atoms with Crippen LogP contribution in [0.15, 0.2) is 30.5 Å². The van der Waals surface area contributed by atoms with Gasteiger partial charge in [0.05, 0.1) is 80.8 Å². The Morgan fingerprint density at radius 2 is 1.22 bits per heavy atom. The van der Waals surface area contributed by atoms with Gasteiger partial charge in [0.2, 0.25) is 0 Å². The SMILES string of the molecule is CS(=O)(=O)O.O=C1c2c(Cl)c(Cl)c(Cl)c(Cl)c2C(O)C1c1cnc2c(N3C(=O)c4c(Cl)c(Cl)c(Cl)c(Cl)c4C3=O)cccc2c1. The molecule has 1 aliphatic carbocycles. The molecule has 18 heteroatoms. The number of anilines is 1. The van der Waals surface area contributed by atoms with Crippen LogP contribution in [0.4, 0.5) is 5.69 Å². The maximum atomic E-state index is 13.4. The standard InChI is InChI=1S/C26H8Cl8N2O4.CH4O3S/c27-14-10-11(15(28)19(32)18(14)31)24(38)9(23(10)37)7-4-6-2-1-3-8(22(6)35-5-7)36-25(39)12-13(26(36)40)17(30)21(34)20(33)16(12)29;1-5(2,3)4/h1-5,9,23,37H;1H3,(H,2,3,4). The van der Waals surface area contributed by atoms with E-state index in [0.717, 1.165) is 4.90 Å². The van der Waals surface area contributed by atoms with Crippen molar-refractivity contribution in [1.82, 2.24) is 4.98 Å². The summed E-state index contributed by atoms with van der Waals surface area (Å²) in [4.78, 5) is 45.5. The molecule has 2 N–H and O–H groups in total. The Hall–Kier alpha value is -1.93. The molecule has 4 aromatic rings. The molecular weight excluding hydrogens is 780 g/mol. The first-order valence-electron chi connectivity index (χ1n) is 12.0. The van der Waals surface area contributed by atoms with E-state index in [-0.39, 0.29) is 73.6 Å². The number of rotatable bonds is 2. The highest BCUT2D eigenvalue weighted by Gasteiger charge is 2.46. The van der Waals surface area contributed by atoms with E-state index in [1.807, 2.05) is 0 Å². The second-order valence-corrected chi connectivity index (χ2v) is 14.1. The molecule has 2 amide bonds. The molecule has 1 aromatic heterocycles. The van der Waals surface area contributed by atoms with Crippen LogP contribution in [0.2, 0.25) is 40.2 Å². The number of hydrogen-bond donors (Lipinski definition) is 2. The van der Waals surface area contributed by atoms with Crippen LogP contribution >= 0.6 is 92.8 Å². The number of halogens is 8. The molecule has 3 aromatic carbocycles. The largest absolute Gasteiger partial charge is 0.387 e. The predicted molar refractivity (Wildman–Crippen MR) is 175 cm³/mol. The summed E-state index contributed by atoms with van der Waals surface area (Å²) in [5.41, 5.74) is 0.383. The molecule has 6 rings (SSSR count). The Morgan fingerprint density at radius 3 is 1.73 bits per heavy atom. The van der Waals surface area contributed by atoms with E-state index in [9.17, 15) is 27.9 Å². The van der Waals surface area contributed by atoms with E-state index in [1.165, 1.54) is 12.3 Å². The minimum Gasteiger partial charge on any atom is -0.387 e. The number of aliphatic hydroxyl groups excluding tert-OH is 1. The van der Waals surface area contributed by atoms with E-state index in [4.69, 9.17) is 97.4 Å². The highest BCUT2D eigenvalue weighted by molar-refractivity contribution is 7.85. The van der Waals surface area contributed by atoms with E-state index in [0.29, 0.717) is 17.2 Å². The molecule has 9 nitrogen and oxygen atoms in total. The Balaban J connectivity index is 0.000000743. The van der Waals surface area contributed by atoms with Crippen LogP contribution in [0.5, 0.6) is 0 Å². The van der Waals surface area contributed by atoms with Gasteiger partial charge in [0.25, 0.3) is 21.9 Å². The highest BCUT2D eigenvalue weighted by Crippen LogP contribution is 2.53. The van der Waals surface area contributed by atoms with E-state index >= 15 is 0 Å². The summed E-state index contributed by atoms with van der Waals surface area (Å²) >= 11 is 49.7. The molecule has 2 atom stereocenters. The zero-order chi connectivity index (χ0) is 33.4. The van der Waals surface area contributed by atoms with Crippen LogP contribution in [0.25, 0.3) is 10.9 Å². The maximum Gasteiger partial charge on any atom is 0.267 e. The molecule has 2 heterocycles. The molecule has 2 unspecified atom stereocenters. The van der Waals surface area contributed by atoms with Gasteiger partial charge < -0.3 is 5.11 Å². The fourth-order valence-corrected chi connectivity index (χ4v) is 7.13. The summed E-state index contributed by atoms with van der Waals surface area (Å²) in [6, 6.07) is 6.36. The zero-order valence-electron chi connectivity index (χ0n) is 21.8. The van der Waals surface area contributed by atoms with Crippen molar-refractivity contribution in [1.29, 1.82) is 0 Å². The van der Waals surface area contributed by atoms with Crippen molar-refractivity contribution in [2.45, 2.75) is 12.0 Å². The Labute approximate surface area is 294 Å². The fourth-order valence-electron chi connectivity index (χ4n) is 5.05. The quantitative estimate of drug-likeness (QED) is 0.0889. The third-order valence-corrected chi connectivity index (χ3v) is 10.5. The monoisotopic (exact) mass is 788 g/mol. The number of ketones is 1. The second kappa shape index (κ2) is 12.3. The van der Waals surface area contributed by atoms with Crippen LogP contribution in [0.3, 0.4) is 0 Å². The van der Waals surface area contributed by atoms with E-state index in [1.54, 1.807) is 18.2 Å². The molecule has 0 spiro atoms. The first-order chi connectivity index (χ1) is 20.9. The van der Waals surface area contributed by atoms with Crippen molar-refractivity contribution >= 4 is 137 Å². The van der Waals surface area contributed by atoms with Gasteiger partial charge in [-0.15, -0.1) is 0 Å². The van der Waals surface area contributed by atoms with Gasteiger partial charge in [-0.2, -0.15) is 8.42 Å². The van der Waals surface area contributed by atoms with Crippen LogP contribution in [0.1, 0.15) is 54.2 Å². The molecule has 2 aliphatic rings. The molecule has 0 fully saturated rings. The lowest BCUT2D eigenvalue weighted by molar-refractivity contribution is 0.0870. The highest BCUT2D eigenvalue weighted by atomic mass is 35.5. The molecule has 0 bridgehead atoms. The van der Waals surface area contributed by atoms with Crippen molar-refractivity contribution in [3.05, 3.63) is 98.5 Å². The van der Waals surface area contributed by atoms with Gasteiger partial charge in [-0.3, -0.25) is 23.9 Å². The molecule has 0 saturated heterocycles. The first kappa shape index (κ1) is 34.4. The Bertz CT molecular complexity index is 2090. The summed E-state index contributed by atoms with van der Waals surface area (Å²) < 4.78 is 25.9. The molecule has 0 saturated carbocycles. The number of fused-ring (bicyclic) bond motifs is 3. The third kappa shape index (κ3) is 5.68. The van der Waals surface area contributed by atoms with E-state index < -0.39 is 39.7 Å². The zero-order valence-corrected chi connectivity index (χ0v) is 28.7. The normalized spacial score (nSPS) is 17.5. The summed E-state index contributed by atoms with van der Waals surface area (Å²) in [5.74, 6) is -3.18. The number of para-hydroxylation sites is 1. The molecular formula is C27H12Cl8N2O7S. The fraction of sp³-hybridized carbons (Fsp3) is 0.111. The number of benzene rings is 3. The van der Waals surface area contributed by atoms with Crippen LogP contribution in [-0.2, 0) is 10.1 Å². The summed E-state index contributed by atoms with van der Waals surface area (Å²) in [7, 11) is -3.67. The number of imide groups is 1. The molecule has 45 heavy (non-hydrogen) atoms. The second-order valence-electron chi connectivity index (χ2n) is 9.63. The van der Waals surface area contributed by atoms with Gasteiger partial charge in [0, 0.05) is 22.7 Å². The number of nitrogens with zero attached hydrogens (tertiary/aromatic N) is 2. The maximum absolute atomic E-state index is 13.4. The van der Waals surface area contributed by atoms with Gasteiger partial charge >= 0.3 is 0 Å². The third-order valence-electron chi connectivity index (χ3n) is 6.86. The average Bonchev–Trinajstić information content (AvgIpc) is 3.39. The van der Waals surface area contributed by atoms with Crippen molar-refractivity contribution in [3.8, 4) is 0 Å². The Kier molecular flexibility index (Phi) is 9.38.